The molecule has 1 aromatic rings. The minimum absolute atomic E-state index is 0. The third-order valence-corrected chi connectivity index (χ3v) is 11.2. The first-order valence-electron chi connectivity index (χ1n) is 13.8. The molecule has 38 heavy (non-hydrogen) atoms. The molecule has 0 amide bonds. The predicted octanol–water partition coefficient (Wildman–Crippen LogP) is -1.62. The maximum absolute atomic E-state index is 6.34. The molecule has 222 valence electrons. The Morgan fingerprint density at radius 3 is 1.24 bits per heavy atom. The van der Waals surface area contributed by atoms with Gasteiger partial charge in [-0.2, -0.15) is 0 Å². The van der Waals surface area contributed by atoms with Crippen molar-refractivity contribution in [2.24, 2.45) is 0 Å². The van der Waals surface area contributed by atoms with E-state index in [0.717, 1.165) is 36.2 Å². The summed E-state index contributed by atoms with van der Waals surface area (Å²) in [5.41, 5.74) is 2.58. The van der Waals surface area contributed by atoms with E-state index >= 15 is 0 Å². The molecular weight excluding hydrogens is 567 g/mol. The second kappa shape index (κ2) is 22.6. The molecule has 1 aromatic carbocycles. The molecule has 10 heteroatoms. The summed E-state index contributed by atoms with van der Waals surface area (Å²) in [6.07, 6.45) is 5.43. The summed E-state index contributed by atoms with van der Waals surface area (Å²) in [7, 11) is 0.895. The largest absolute Gasteiger partial charge is 1.00 e. The van der Waals surface area contributed by atoms with E-state index in [1.54, 1.807) is 0 Å². The van der Waals surface area contributed by atoms with Crippen LogP contribution in [0.4, 0.5) is 0 Å². The molecule has 0 saturated carbocycles. The first-order valence-corrected chi connectivity index (χ1v) is 17.3. The van der Waals surface area contributed by atoms with Crippen molar-refractivity contribution in [3.05, 3.63) is 23.3 Å². The van der Waals surface area contributed by atoms with Gasteiger partial charge in [0.05, 0.1) is 39.6 Å². The summed E-state index contributed by atoms with van der Waals surface area (Å²) < 4.78 is 34.8. The molecule has 2 aliphatic rings. The molecule has 0 atom stereocenters. The van der Waals surface area contributed by atoms with Crippen LogP contribution >= 0.6 is 0 Å². The first-order chi connectivity index (χ1) is 17.8. The van der Waals surface area contributed by atoms with Gasteiger partial charge in [0.1, 0.15) is 59.2 Å². The fourth-order valence-corrected chi connectivity index (χ4v) is 9.21. The average molecular weight is 616 g/mol. The van der Waals surface area contributed by atoms with Crippen molar-refractivity contribution in [3.8, 4) is 11.5 Å². The van der Waals surface area contributed by atoms with E-state index in [1.165, 1.54) is 59.8 Å². The summed E-state index contributed by atoms with van der Waals surface area (Å²) in [6, 6.07) is 4.57. The lowest BCUT2D eigenvalue weighted by Gasteiger charge is -2.17. The Balaban J connectivity index is 0.00000361. The molecule has 2 saturated heterocycles. The molecule has 2 fully saturated rings. The van der Waals surface area contributed by atoms with Gasteiger partial charge in [0.2, 0.25) is 0 Å². The van der Waals surface area contributed by atoms with E-state index in [-0.39, 0.29) is 24.8 Å². The van der Waals surface area contributed by atoms with E-state index in [2.05, 4.69) is 12.1 Å². The van der Waals surface area contributed by atoms with E-state index in [0.29, 0.717) is 74.6 Å². The van der Waals surface area contributed by atoms with Crippen LogP contribution in [0.5, 0.6) is 11.5 Å². The lowest BCUT2D eigenvalue weighted by molar-refractivity contribution is -0.00100. The van der Waals surface area contributed by atoms with Crippen molar-refractivity contribution in [3.63, 3.8) is 0 Å². The molecule has 0 radical (unpaired) electrons. The van der Waals surface area contributed by atoms with Gasteiger partial charge < -0.3 is 53.2 Å². The molecule has 2 heterocycles. The quantitative estimate of drug-likeness (QED) is 0.130. The summed E-state index contributed by atoms with van der Waals surface area (Å²) in [5, 5.41) is 0. The van der Waals surface area contributed by atoms with E-state index in [1.807, 2.05) is 13.8 Å². The lowest BCUT2D eigenvalue weighted by atomic mass is 10.1. The van der Waals surface area contributed by atoms with Gasteiger partial charge >= 0.3 is 0 Å². The third kappa shape index (κ3) is 14.0. The highest BCUT2D eigenvalue weighted by molar-refractivity contribution is 7.96. The number of ether oxygens (including phenoxy) is 6. The van der Waals surface area contributed by atoms with Gasteiger partial charge in [0, 0.05) is 24.3 Å². The second-order valence-electron chi connectivity index (χ2n) is 9.13. The zero-order valence-electron chi connectivity index (χ0n) is 23.3. The van der Waals surface area contributed by atoms with E-state index < -0.39 is 0 Å². The predicted molar refractivity (Wildman–Crippen MR) is 152 cm³/mol. The Morgan fingerprint density at radius 1 is 0.526 bits per heavy atom. The molecule has 0 unspecified atom stereocenters. The van der Waals surface area contributed by atoms with Crippen molar-refractivity contribution in [1.82, 2.24) is 0 Å². The summed E-state index contributed by atoms with van der Waals surface area (Å²) in [6.45, 7) is 10.2. The summed E-state index contributed by atoms with van der Waals surface area (Å²) >= 11 is 0. The van der Waals surface area contributed by atoms with Gasteiger partial charge in [-0.05, 0) is 73.5 Å². The van der Waals surface area contributed by atoms with Crippen molar-refractivity contribution in [2.75, 3.05) is 89.1 Å². The maximum Gasteiger partial charge on any atom is 0.136 e. The molecule has 0 N–H and O–H groups in total. The van der Waals surface area contributed by atoms with E-state index in [9.17, 15) is 0 Å². The molecule has 0 spiro atoms. The highest BCUT2D eigenvalue weighted by atomic mass is 35.5. The lowest BCUT2D eigenvalue weighted by Crippen LogP contribution is -3.00. The standard InChI is InChI=1S/C28H48O6S2.2ClH/c1-3-29-9-11-31-13-15-33-27-21-26(24-36-19-7-8-20-36)28(34-16-14-32-12-10-30-4-2)22-25(27)23-35-17-5-6-18-35;;/h21-22H,3-20,23-24H2,1-2H3;2*1H/q+2;;/p-2. The smallest absolute Gasteiger partial charge is 0.136 e. The number of benzene rings is 1. The van der Waals surface area contributed by atoms with Crippen LogP contribution in [0.25, 0.3) is 0 Å². The molecule has 2 aliphatic heterocycles. The number of hydrogen-bond acceptors (Lipinski definition) is 6. The van der Waals surface area contributed by atoms with Crippen LogP contribution in [0, 0.1) is 0 Å². The van der Waals surface area contributed by atoms with E-state index in [4.69, 9.17) is 28.4 Å². The summed E-state index contributed by atoms with van der Waals surface area (Å²) in [5.74, 6) is 9.61. The fourth-order valence-electron chi connectivity index (χ4n) is 4.45. The minimum Gasteiger partial charge on any atom is -1.00 e. The van der Waals surface area contributed by atoms with Gasteiger partial charge in [-0.3, -0.25) is 0 Å². The highest BCUT2D eigenvalue weighted by Gasteiger charge is 2.29. The van der Waals surface area contributed by atoms with Crippen LogP contribution in [0.3, 0.4) is 0 Å². The topological polar surface area (TPSA) is 55.4 Å². The van der Waals surface area contributed by atoms with Crippen LogP contribution in [0.1, 0.15) is 50.7 Å². The minimum atomic E-state index is 0. The van der Waals surface area contributed by atoms with Crippen LogP contribution in [-0.4, -0.2) is 89.1 Å². The van der Waals surface area contributed by atoms with Gasteiger partial charge in [-0.25, -0.2) is 0 Å². The SMILES string of the molecule is CCOCCOCCOc1cc(C[S+]2CCCC2)c(OCCOCCOCC)cc1C[S+]1CCCC1.[Cl-].[Cl-]. The normalized spacial score (nSPS) is 15.8. The second-order valence-corrected chi connectivity index (χ2v) is 13.8. The van der Waals surface area contributed by atoms with Crippen LogP contribution < -0.4 is 34.3 Å². The van der Waals surface area contributed by atoms with Crippen molar-refractivity contribution < 1.29 is 53.2 Å². The average Bonchev–Trinajstić information content (AvgIpc) is 3.59. The highest BCUT2D eigenvalue weighted by Crippen LogP contribution is 2.34. The number of halogens is 2. The fraction of sp³-hybridized carbons (Fsp3) is 0.786. The number of hydrogen-bond donors (Lipinski definition) is 0. The van der Waals surface area contributed by atoms with Gasteiger partial charge in [-0.1, -0.05) is 0 Å². The van der Waals surface area contributed by atoms with Gasteiger partial charge in [0.25, 0.3) is 0 Å². The molecule has 6 nitrogen and oxygen atoms in total. The molecule has 0 aromatic heterocycles. The van der Waals surface area contributed by atoms with Crippen LogP contribution in [-0.2, 0) is 52.2 Å². The van der Waals surface area contributed by atoms with Gasteiger partial charge in [0.15, 0.2) is 0 Å². The van der Waals surface area contributed by atoms with Crippen LogP contribution in [0.2, 0.25) is 0 Å². The zero-order valence-corrected chi connectivity index (χ0v) is 26.5. The zero-order chi connectivity index (χ0) is 25.3. The summed E-state index contributed by atoms with van der Waals surface area (Å²) in [4.78, 5) is 0. The monoisotopic (exact) mass is 614 g/mol. The Kier molecular flexibility index (Phi) is 21.4. The van der Waals surface area contributed by atoms with Crippen LogP contribution in [0.15, 0.2) is 12.1 Å². The molecule has 0 bridgehead atoms. The number of rotatable bonds is 20. The Labute approximate surface area is 249 Å². The Bertz CT molecular complexity index is 659. The first kappa shape index (κ1) is 36.0. The van der Waals surface area contributed by atoms with Gasteiger partial charge in [-0.15, -0.1) is 0 Å². The van der Waals surface area contributed by atoms with Crippen molar-refractivity contribution >= 4 is 21.8 Å². The molecule has 0 aliphatic carbocycles. The maximum atomic E-state index is 6.34. The Hall–Kier alpha value is -0.0600. The molecule has 3 rings (SSSR count). The van der Waals surface area contributed by atoms with Crippen molar-refractivity contribution in [2.45, 2.75) is 51.0 Å². The van der Waals surface area contributed by atoms with Crippen molar-refractivity contribution in [1.29, 1.82) is 0 Å². The molecular formula is C28H48Cl2O6S2. The Morgan fingerprint density at radius 2 is 0.868 bits per heavy atom. The third-order valence-electron chi connectivity index (χ3n) is 6.32.